The Kier molecular flexibility index (Phi) is 3.60. The SMILES string of the molecule is Cc1cnc(Cn2c(CCl)nc3cc(Br)ccc32)s1. The van der Waals surface area contributed by atoms with E-state index < -0.39 is 0 Å². The van der Waals surface area contributed by atoms with Crippen LogP contribution < -0.4 is 0 Å². The topological polar surface area (TPSA) is 30.7 Å². The Morgan fingerprint density at radius 2 is 2.26 bits per heavy atom. The minimum atomic E-state index is 0.399. The van der Waals surface area contributed by atoms with Crippen LogP contribution in [0.4, 0.5) is 0 Å². The maximum atomic E-state index is 6.00. The second-order valence-electron chi connectivity index (χ2n) is 4.25. The van der Waals surface area contributed by atoms with E-state index in [1.165, 1.54) is 4.88 Å². The molecule has 0 unspecified atom stereocenters. The lowest BCUT2D eigenvalue weighted by atomic mass is 10.3. The van der Waals surface area contributed by atoms with Gasteiger partial charge in [0.05, 0.1) is 23.5 Å². The highest BCUT2D eigenvalue weighted by atomic mass is 79.9. The lowest BCUT2D eigenvalue weighted by Gasteiger charge is -2.05. The van der Waals surface area contributed by atoms with Crippen LogP contribution in [0.3, 0.4) is 0 Å². The third-order valence-corrected chi connectivity index (χ3v) is 4.50. The number of nitrogens with zero attached hydrogens (tertiary/aromatic N) is 3. The maximum Gasteiger partial charge on any atom is 0.125 e. The first-order valence-corrected chi connectivity index (χ1v) is 7.93. The van der Waals surface area contributed by atoms with Crippen LogP contribution in [0.1, 0.15) is 15.7 Å². The number of fused-ring (bicyclic) bond motifs is 1. The first-order valence-electron chi connectivity index (χ1n) is 5.79. The standard InChI is InChI=1S/C13H11BrClN3S/c1-8-6-16-13(19-8)7-18-11-3-2-9(14)4-10(11)17-12(18)5-15/h2-4,6H,5,7H2,1H3. The van der Waals surface area contributed by atoms with Crippen LogP contribution in [-0.2, 0) is 12.4 Å². The van der Waals surface area contributed by atoms with Gasteiger partial charge in [0.15, 0.2) is 0 Å². The van der Waals surface area contributed by atoms with Crippen LogP contribution in [0, 0.1) is 6.92 Å². The second kappa shape index (κ2) is 5.23. The largest absolute Gasteiger partial charge is 0.320 e. The second-order valence-corrected chi connectivity index (χ2v) is 6.75. The summed E-state index contributed by atoms with van der Waals surface area (Å²) in [6.07, 6.45) is 1.90. The van der Waals surface area contributed by atoms with Gasteiger partial charge in [0.25, 0.3) is 0 Å². The summed E-state index contributed by atoms with van der Waals surface area (Å²) in [5.41, 5.74) is 2.05. The zero-order valence-electron chi connectivity index (χ0n) is 10.2. The van der Waals surface area contributed by atoms with E-state index in [9.17, 15) is 0 Å². The molecule has 98 valence electrons. The maximum absolute atomic E-state index is 6.00. The Morgan fingerprint density at radius 1 is 1.42 bits per heavy atom. The van der Waals surface area contributed by atoms with Crippen molar-refractivity contribution in [3.05, 3.63) is 44.6 Å². The number of halogens is 2. The zero-order valence-corrected chi connectivity index (χ0v) is 13.4. The molecule has 2 aromatic heterocycles. The van der Waals surface area contributed by atoms with Gasteiger partial charge in [-0.15, -0.1) is 22.9 Å². The van der Waals surface area contributed by atoms with E-state index in [-0.39, 0.29) is 0 Å². The number of imidazole rings is 1. The molecule has 3 aromatic rings. The molecule has 0 bridgehead atoms. The number of aromatic nitrogens is 3. The molecule has 0 saturated carbocycles. The molecular weight excluding hydrogens is 346 g/mol. The summed E-state index contributed by atoms with van der Waals surface area (Å²) in [7, 11) is 0. The van der Waals surface area contributed by atoms with Crippen molar-refractivity contribution in [2.75, 3.05) is 0 Å². The van der Waals surface area contributed by atoms with Gasteiger partial charge < -0.3 is 4.57 Å². The average molecular weight is 357 g/mol. The number of rotatable bonds is 3. The first-order chi connectivity index (χ1) is 9.17. The van der Waals surface area contributed by atoms with Gasteiger partial charge in [0, 0.05) is 15.5 Å². The van der Waals surface area contributed by atoms with Crippen LogP contribution in [0.5, 0.6) is 0 Å². The van der Waals surface area contributed by atoms with Crippen molar-refractivity contribution in [2.45, 2.75) is 19.3 Å². The summed E-state index contributed by atoms with van der Waals surface area (Å²) in [5, 5.41) is 1.08. The van der Waals surface area contributed by atoms with Gasteiger partial charge in [-0.2, -0.15) is 0 Å². The van der Waals surface area contributed by atoms with Crippen LogP contribution in [0.25, 0.3) is 11.0 Å². The Balaban J connectivity index is 2.10. The van der Waals surface area contributed by atoms with Crippen molar-refractivity contribution in [2.24, 2.45) is 0 Å². The summed E-state index contributed by atoms with van der Waals surface area (Å²) in [5.74, 6) is 1.28. The molecule has 0 saturated heterocycles. The summed E-state index contributed by atoms with van der Waals surface area (Å²) in [6.45, 7) is 2.78. The summed E-state index contributed by atoms with van der Waals surface area (Å²) >= 11 is 11.2. The van der Waals surface area contributed by atoms with Gasteiger partial charge in [0.1, 0.15) is 10.8 Å². The predicted octanol–water partition coefficient (Wildman–Crippen LogP) is 4.35. The Bertz CT molecular complexity index is 735. The highest BCUT2D eigenvalue weighted by Crippen LogP contribution is 2.23. The minimum absolute atomic E-state index is 0.399. The van der Waals surface area contributed by atoms with Crippen molar-refractivity contribution < 1.29 is 0 Å². The molecule has 0 aliphatic carbocycles. The molecule has 3 rings (SSSR count). The van der Waals surface area contributed by atoms with Crippen LogP contribution in [0.2, 0.25) is 0 Å². The molecule has 0 spiro atoms. The Hall–Kier alpha value is -0.910. The Morgan fingerprint density at radius 3 is 2.95 bits per heavy atom. The normalized spacial score (nSPS) is 11.3. The van der Waals surface area contributed by atoms with Gasteiger partial charge >= 0.3 is 0 Å². The van der Waals surface area contributed by atoms with Crippen LogP contribution in [0.15, 0.2) is 28.9 Å². The highest BCUT2D eigenvalue weighted by Gasteiger charge is 2.12. The molecule has 6 heteroatoms. The number of hydrogen-bond acceptors (Lipinski definition) is 3. The minimum Gasteiger partial charge on any atom is -0.320 e. The first kappa shape index (κ1) is 13.1. The van der Waals surface area contributed by atoms with E-state index in [0.717, 1.165) is 32.9 Å². The van der Waals surface area contributed by atoms with Crippen molar-refractivity contribution in [3.8, 4) is 0 Å². The van der Waals surface area contributed by atoms with Crippen LogP contribution >= 0.6 is 38.9 Å². The summed E-state index contributed by atoms with van der Waals surface area (Å²) < 4.78 is 3.16. The molecule has 0 fully saturated rings. The fourth-order valence-corrected chi connectivity index (χ4v) is 3.37. The Labute approximate surface area is 128 Å². The molecule has 0 aliphatic rings. The molecule has 0 amide bonds. The van der Waals surface area contributed by atoms with E-state index in [4.69, 9.17) is 11.6 Å². The third-order valence-electron chi connectivity index (χ3n) is 2.87. The molecule has 0 atom stereocenters. The highest BCUT2D eigenvalue weighted by molar-refractivity contribution is 9.10. The van der Waals surface area contributed by atoms with E-state index >= 15 is 0 Å². The van der Waals surface area contributed by atoms with E-state index in [2.05, 4.69) is 43.5 Å². The van der Waals surface area contributed by atoms with Gasteiger partial charge in [-0.3, -0.25) is 0 Å². The smallest absolute Gasteiger partial charge is 0.125 e. The molecular formula is C13H11BrClN3S. The van der Waals surface area contributed by atoms with E-state index in [1.807, 2.05) is 18.3 Å². The number of benzene rings is 1. The van der Waals surface area contributed by atoms with Gasteiger partial charge in [-0.25, -0.2) is 9.97 Å². The third kappa shape index (κ3) is 2.55. The fourth-order valence-electron chi connectivity index (χ4n) is 2.04. The molecule has 0 aliphatic heterocycles. The number of alkyl halides is 1. The van der Waals surface area contributed by atoms with Crippen molar-refractivity contribution >= 4 is 49.9 Å². The van der Waals surface area contributed by atoms with Gasteiger partial charge in [0.2, 0.25) is 0 Å². The molecule has 0 N–H and O–H groups in total. The fraction of sp³-hybridized carbons (Fsp3) is 0.231. The van der Waals surface area contributed by atoms with Crippen LogP contribution in [-0.4, -0.2) is 14.5 Å². The number of hydrogen-bond donors (Lipinski definition) is 0. The van der Waals surface area contributed by atoms with Crippen molar-refractivity contribution in [1.29, 1.82) is 0 Å². The monoisotopic (exact) mass is 355 g/mol. The van der Waals surface area contributed by atoms with Gasteiger partial charge in [-0.1, -0.05) is 15.9 Å². The quantitative estimate of drug-likeness (QED) is 0.653. The van der Waals surface area contributed by atoms with Gasteiger partial charge in [-0.05, 0) is 25.1 Å². The lowest BCUT2D eigenvalue weighted by molar-refractivity contribution is 0.773. The molecule has 1 aromatic carbocycles. The number of thiazole rings is 1. The predicted molar refractivity (Wildman–Crippen MR) is 82.9 cm³/mol. The molecule has 0 radical (unpaired) electrons. The summed E-state index contributed by atoms with van der Waals surface area (Å²) in [6, 6.07) is 6.09. The van der Waals surface area contributed by atoms with E-state index in [1.54, 1.807) is 11.3 Å². The summed E-state index contributed by atoms with van der Waals surface area (Å²) in [4.78, 5) is 10.2. The lowest BCUT2D eigenvalue weighted by Crippen LogP contribution is -2.03. The average Bonchev–Trinajstić information content (AvgIpc) is 2.94. The molecule has 3 nitrogen and oxygen atoms in total. The van der Waals surface area contributed by atoms with Crippen molar-refractivity contribution in [1.82, 2.24) is 14.5 Å². The zero-order chi connectivity index (χ0) is 13.4. The number of aryl methyl sites for hydroxylation is 1. The van der Waals surface area contributed by atoms with Crippen molar-refractivity contribution in [3.63, 3.8) is 0 Å². The molecule has 2 heterocycles. The van der Waals surface area contributed by atoms with E-state index in [0.29, 0.717) is 5.88 Å². The molecule has 19 heavy (non-hydrogen) atoms.